The summed E-state index contributed by atoms with van der Waals surface area (Å²) in [5.74, 6) is -0.252. The van der Waals surface area contributed by atoms with Crippen molar-refractivity contribution < 1.29 is 9.53 Å². The van der Waals surface area contributed by atoms with Gasteiger partial charge in [0.05, 0.1) is 25.6 Å². The molecule has 0 aromatic carbocycles. The molecule has 1 aliphatic rings. The van der Waals surface area contributed by atoms with E-state index in [1.165, 1.54) is 12.4 Å². The van der Waals surface area contributed by atoms with Gasteiger partial charge in [0.25, 0.3) is 5.91 Å². The number of nitrogens with zero attached hydrogens (tertiary/aromatic N) is 3. The zero-order chi connectivity index (χ0) is 12.8. The van der Waals surface area contributed by atoms with E-state index in [0.29, 0.717) is 6.54 Å². The molecule has 0 aliphatic carbocycles. The molecule has 6 nitrogen and oxygen atoms in total. The van der Waals surface area contributed by atoms with Gasteiger partial charge in [-0.25, -0.2) is 4.98 Å². The molecule has 1 N–H and O–H groups in total. The monoisotopic (exact) mass is 270 g/mol. The third-order valence-corrected chi connectivity index (χ3v) is 2.84. The maximum Gasteiger partial charge on any atom is 0.271 e. The average Bonchev–Trinajstić information content (AvgIpc) is 2.40. The van der Waals surface area contributed by atoms with Crippen molar-refractivity contribution in [2.75, 3.05) is 39.4 Å². The molecular weight excluding hydrogens is 256 g/mol. The fraction of sp³-hybridized carbons (Fsp3) is 0.545. The largest absolute Gasteiger partial charge is 0.379 e. The zero-order valence-corrected chi connectivity index (χ0v) is 10.7. The topological polar surface area (TPSA) is 67.4 Å². The number of rotatable bonds is 4. The molecule has 1 aromatic heterocycles. The van der Waals surface area contributed by atoms with E-state index in [9.17, 15) is 4.79 Å². The highest BCUT2D eigenvalue weighted by molar-refractivity contribution is 6.29. The molecule has 0 bridgehead atoms. The van der Waals surface area contributed by atoms with Crippen LogP contribution in [-0.4, -0.2) is 60.2 Å². The van der Waals surface area contributed by atoms with Crippen LogP contribution in [0.25, 0.3) is 0 Å². The summed E-state index contributed by atoms with van der Waals surface area (Å²) in [6.07, 6.45) is 2.79. The fourth-order valence-corrected chi connectivity index (χ4v) is 1.84. The van der Waals surface area contributed by atoms with E-state index in [-0.39, 0.29) is 16.8 Å². The third-order valence-electron chi connectivity index (χ3n) is 2.66. The Morgan fingerprint density at radius 3 is 2.94 bits per heavy atom. The summed E-state index contributed by atoms with van der Waals surface area (Å²) in [5, 5.41) is 3.01. The Morgan fingerprint density at radius 2 is 2.22 bits per heavy atom. The Bertz CT molecular complexity index is 410. The summed E-state index contributed by atoms with van der Waals surface area (Å²) in [6.45, 7) is 4.72. The van der Waals surface area contributed by atoms with E-state index in [0.717, 1.165) is 32.8 Å². The van der Waals surface area contributed by atoms with Crippen LogP contribution in [0.1, 0.15) is 10.5 Å². The molecule has 0 atom stereocenters. The second-order valence-electron chi connectivity index (χ2n) is 3.94. The Hall–Kier alpha value is -1.24. The second-order valence-corrected chi connectivity index (χ2v) is 4.32. The lowest BCUT2D eigenvalue weighted by Gasteiger charge is -2.26. The number of aromatic nitrogens is 2. The lowest BCUT2D eigenvalue weighted by atomic mass is 10.4. The standard InChI is InChI=1S/C11H15ClN4O2/c12-10-8-13-7-9(15-10)11(17)14-1-2-16-3-5-18-6-4-16/h7-8H,1-6H2,(H,14,17). The summed E-state index contributed by atoms with van der Waals surface area (Å²) in [6, 6.07) is 0. The van der Waals surface area contributed by atoms with Crippen LogP contribution in [0.2, 0.25) is 5.15 Å². The highest BCUT2D eigenvalue weighted by Gasteiger charge is 2.11. The maximum atomic E-state index is 11.7. The van der Waals surface area contributed by atoms with Crippen LogP contribution in [0.5, 0.6) is 0 Å². The van der Waals surface area contributed by atoms with Gasteiger partial charge in [0.2, 0.25) is 0 Å². The lowest BCUT2D eigenvalue weighted by Crippen LogP contribution is -2.41. The minimum atomic E-state index is -0.252. The van der Waals surface area contributed by atoms with Crippen molar-refractivity contribution in [3.63, 3.8) is 0 Å². The molecule has 98 valence electrons. The van der Waals surface area contributed by atoms with Gasteiger partial charge in [0.15, 0.2) is 0 Å². The normalized spacial score (nSPS) is 16.5. The molecule has 1 fully saturated rings. The molecule has 1 aliphatic heterocycles. The van der Waals surface area contributed by atoms with Gasteiger partial charge in [-0.2, -0.15) is 0 Å². The SMILES string of the molecule is O=C(NCCN1CCOCC1)c1cncc(Cl)n1. The van der Waals surface area contributed by atoms with Crippen molar-refractivity contribution in [1.82, 2.24) is 20.2 Å². The first-order valence-electron chi connectivity index (χ1n) is 5.81. The quantitative estimate of drug-likeness (QED) is 0.846. The van der Waals surface area contributed by atoms with E-state index < -0.39 is 0 Å². The van der Waals surface area contributed by atoms with Crippen LogP contribution in [-0.2, 0) is 4.74 Å². The predicted octanol–water partition coefficient (Wildman–Crippen LogP) is 0.192. The average molecular weight is 271 g/mol. The Balaban J connectivity index is 1.74. The number of hydrogen-bond donors (Lipinski definition) is 1. The van der Waals surface area contributed by atoms with E-state index >= 15 is 0 Å². The fourth-order valence-electron chi connectivity index (χ4n) is 1.69. The van der Waals surface area contributed by atoms with Crippen LogP contribution in [0, 0.1) is 0 Å². The van der Waals surface area contributed by atoms with E-state index in [1.807, 2.05) is 0 Å². The molecule has 1 saturated heterocycles. The van der Waals surface area contributed by atoms with Crippen molar-refractivity contribution in [3.8, 4) is 0 Å². The lowest BCUT2D eigenvalue weighted by molar-refractivity contribution is 0.0383. The summed E-state index contributed by atoms with van der Waals surface area (Å²) >= 11 is 5.67. The predicted molar refractivity (Wildman–Crippen MR) is 66.6 cm³/mol. The van der Waals surface area contributed by atoms with Gasteiger partial charge in [-0.05, 0) is 0 Å². The van der Waals surface area contributed by atoms with Gasteiger partial charge >= 0.3 is 0 Å². The highest BCUT2D eigenvalue weighted by atomic mass is 35.5. The first-order valence-corrected chi connectivity index (χ1v) is 6.19. The van der Waals surface area contributed by atoms with Crippen LogP contribution in [0.4, 0.5) is 0 Å². The molecule has 18 heavy (non-hydrogen) atoms. The number of hydrogen-bond acceptors (Lipinski definition) is 5. The van der Waals surface area contributed by atoms with Gasteiger partial charge in [-0.1, -0.05) is 11.6 Å². The molecule has 0 radical (unpaired) electrons. The Kier molecular flexibility index (Phi) is 4.86. The highest BCUT2D eigenvalue weighted by Crippen LogP contribution is 2.02. The van der Waals surface area contributed by atoms with Gasteiger partial charge < -0.3 is 10.1 Å². The second kappa shape index (κ2) is 6.63. The van der Waals surface area contributed by atoms with Crippen LogP contribution in [0.3, 0.4) is 0 Å². The molecule has 2 rings (SSSR count). The number of nitrogens with one attached hydrogen (secondary N) is 1. The van der Waals surface area contributed by atoms with Crippen molar-refractivity contribution in [2.24, 2.45) is 0 Å². The van der Waals surface area contributed by atoms with Crippen LogP contribution in [0.15, 0.2) is 12.4 Å². The van der Waals surface area contributed by atoms with Crippen molar-refractivity contribution in [2.45, 2.75) is 0 Å². The first-order chi connectivity index (χ1) is 8.75. The number of amides is 1. The summed E-state index contributed by atoms with van der Waals surface area (Å²) in [4.78, 5) is 21.7. The van der Waals surface area contributed by atoms with Gasteiger partial charge in [0, 0.05) is 26.2 Å². The van der Waals surface area contributed by atoms with Gasteiger partial charge in [-0.3, -0.25) is 14.7 Å². The van der Waals surface area contributed by atoms with Crippen LogP contribution < -0.4 is 5.32 Å². The molecule has 0 saturated carbocycles. The van der Waals surface area contributed by atoms with Crippen LogP contribution >= 0.6 is 11.6 Å². The molecule has 7 heteroatoms. The number of morpholine rings is 1. The molecule has 1 amide bonds. The molecular formula is C11H15ClN4O2. The minimum absolute atomic E-state index is 0.218. The number of carbonyl (C=O) groups is 1. The summed E-state index contributed by atoms with van der Waals surface area (Å²) in [5.41, 5.74) is 0.240. The molecule has 0 spiro atoms. The number of ether oxygens (including phenoxy) is 1. The summed E-state index contributed by atoms with van der Waals surface area (Å²) in [7, 11) is 0. The Labute approximate surface area is 110 Å². The van der Waals surface area contributed by atoms with Crippen molar-refractivity contribution in [3.05, 3.63) is 23.2 Å². The van der Waals surface area contributed by atoms with Crippen molar-refractivity contribution in [1.29, 1.82) is 0 Å². The first kappa shape index (κ1) is 13.2. The summed E-state index contributed by atoms with van der Waals surface area (Å²) < 4.78 is 5.25. The molecule has 1 aromatic rings. The molecule has 0 unspecified atom stereocenters. The maximum absolute atomic E-state index is 11.7. The van der Waals surface area contributed by atoms with E-state index in [4.69, 9.17) is 16.3 Å². The Morgan fingerprint density at radius 1 is 1.44 bits per heavy atom. The smallest absolute Gasteiger partial charge is 0.271 e. The third kappa shape index (κ3) is 3.90. The number of carbonyl (C=O) groups excluding carboxylic acids is 1. The van der Waals surface area contributed by atoms with E-state index in [2.05, 4.69) is 20.2 Å². The van der Waals surface area contributed by atoms with Crippen molar-refractivity contribution >= 4 is 17.5 Å². The van der Waals surface area contributed by atoms with E-state index in [1.54, 1.807) is 0 Å². The molecule has 2 heterocycles. The number of halogens is 1. The zero-order valence-electron chi connectivity index (χ0n) is 9.93. The van der Waals surface area contributed by atoms with Gasteiger partial charge in [-0.15, -0.1) is 0 Å². The minimum Gasteiger partial charge on any atom is -0.379 e. The van der Waals surface area contributed by atoms with Gasteiger partial charge in [0.1, 0.15) is 10.8 Å².